The molecule has 0 saturated heterocycles. The molecule has 0 aliphatic heterocycles. The molecule has 1 atom stereocenters. The molecule has 0 heterocycles. The normalized spacial score (nSPS) is 11.9. The van der Waals surface area contributed by atoms with Gasteiger partial charge < -0.3 is 14.6 Å². The first-order valence-corrected chi connectivity index (χ1v) is 5.70. The van der Waals surface area contributed by atoms with E-state index in [0.29, 0.717) is 12.9 Å². The van der Waals surface area contributed by atoms with Crippen LogP contribution in [0, 0.1) is 10.1 Å². The summed E-state index contributed by atoms with van der Waals surface area (Å²) in [5, 5.41) is 20.1. The molecule has 0 radical (unpaired) electrons. The topological polar surface area (TPSA) is 98.9 Å². The Morgan fingerprint density at radius 2 is 2.21 bits per heavy atom. The molecule has 0 amide bonds. The van der Waals surface area contributed by atoms with E-state index in [2.05, 4.69) is 0 Å². The molecule has 0 bridgehead atoms. The first kappa shape index (κ1) is 15.1. The van der Waals surface area contributed by atoms with Crippen LogP contribution in [0.2, 0.25) is 0 Å². The van der Waals surface area contributed by atoms with Gasteiger partial charge in [-0.2, -0.15) is 0 Å². The van der Waals surface area contributed by atoms with Gasteiger partial charge in [-0.05, 0) is 13.0 Å². The Morgan fingerprint density at radius 3 is 2.79 bits per heavy atom. The SMILES string of the molecule is CCOCC(O)COc1ccc([N+](=O)[O-])cc1C=O. The van der Waals surface area contributed by atoms with Crippen LogP contribution in [0.4, 0.5) is 5.69 Å². The van der Waals surface area contributed by atoms with Gasteiger partial charge in [-0.15, -0.1) is 0 Å². The predicted octanol–water partition coefficient (Wildman–Crippen LogP) is 1.18. The van der Waals surface area contributed by atoms with Crippen LogP contribution in [0.3, 0.4) is 0 Å². The Labute approximate surface area is 109 Å². The van der Waals surface area contributed by atoms with E-state index in [-0.39, 0.29) is 30.2 Å². The number of aldehydes is 1. The molecule has 7 nitrogen and oxygen atoms in total. The summed E-state index contributed by atoms with van der Waals surface area (Å²) in [6.45, 7) is 2.35. The molecular weight excluding hydrogens is 254 g/mol. The fourth-order valence-corrected chi connectivity index (χ4v) is 1.36. The van der Waals surface area contributed by atoms with E-state index < -0.39 is 11.0 Å². The van der Waals surface area contributed by atoms with E-state index in [1.807, 2.05) is 0 Å². The van der Waals surface area contributed by atoms with Crippen molar-refractivity contribution in [1.82, 2.24) is 0 Å². The van der Waals surface area contributed by atoms with Crippen molar-refractivity contribution in [1.29, 1.82) is 0 Å². The molecule has 1 aromatic rings. The van der Waals surface area contributed by atoms with Crippen molar-refractivity contribution < 1.29 is 24.3 Å². The van der Waals surface area contributed by atoms with Gasteiger partial charge in [-0.25, -0.2) is 0 Å². The highest BCUT2D eigenvalue weighted by Gasteiger charge is 2.12. The number of nitrogens with zero attached hydrogens (tertiary/aromatic N) is 1. The first-order chi connectivity index (χ1) is 9.08. The second kappa shape index (κ2) is 7.45. The van der Waals surface area contributed by atoms with Crippen molar-refractivity contribution in [3.8, 4) is 5.75 Å². The zero-order valence-electron chi connectivity index (χ0n) is 10.4. The van der Waals surface area contributed by atoms with Crippen molar-refractivity contribution in [3.05, 3.63) is 33.9 Å². The third-order valence-corrected chi connectivity index (χ3v) is 2.28. The molecule has 0 fully saturated rings. The van der Waals surface area contributed by atoms with Gasteiger partial charge >= 0.3 is 0 Å². The number of hydrogen-bond acceptors (Lipinski definition) is 6. The molecule has 0 aliphatic carbocycles. The van der Waals surface area contributed by atoms with Gasteiger partial charge in [0.2, 0.25) is 0 Å². The van der Waals surface area contributed by atoms with Crippen LogP contribution in [0.5, 0.6) is 5.75 Å². The van der Waals surface area contributed by atoms with E-state index in [9.17, 15) is 20.0 Å². The van der Waals surface area contributed by atoms with Crippen molar-refractivity contribution in [2.75, 3.05) is 19.8 Å². The largest absolute Gasteiger partial charge is 0.490 e. The average Bonchev–Trinajstić information content (AvgIpc) is 2.42. The minimum absolute atomic E-state index is 0.0569. The Morgan fingerprint density at radius 1 is 1.47 bits per heavy atom. The number of benzene rings is 1. The van der Waals surface area contributed by atoms with Crippen LogP contribution in [-0.4, -0.2) is 42.2 Å². The maximum atomic E-state index is 10.8. The molecule has 104 valence electrons. The lowest BCUT2D eigenvalue weighted by atomic mass is 10.2. The number of rotatable bonds is 8. The molecule has 1 rings (SSSR count). The Hall–Kier alpha value is -1.99. The maximum Gasteiger partial charge on any atom is 0.270 e. The van der Waals surface area contributed by atoms with E-state index in [4.69, 9.17) is 9.47 Å². The van der Waals surface area contributed by atoms with Gasteiger partial charge in [0.1, 0.15) is 18.5 Å². The number of non-ortho nitro benzene ring substituents is 1. The first-order valence-electron chi connectivity index (χ1n) is 5.70. The third kappa shape index (κ3) is 4.65. The number of ether oxygens (including phenoxy) is 2. The summed E-state index contributed by atoms with van der Waals surface area (Å²) >= 11 is 0. The highest BCUT2D eigenvalue weighted by molar-refractivity contribution is 5.80. The predicted molar refractivity (Wildman–Crippen MR) is 66.5 cm³/mol. The van der Waals surface area contributed by atoms with Crippen molar-refractivity contribution in [2.45, 2.75) is 13.0 Å². The van der Waals surface area contributed by atoms with Crippen molar-refractivity contribution in [2.24, 2.45) is 0 Å². The quantitative estimate of drug-likeness (QED) is 0.432. The standard InChI is InChI=1S/C12H15NO6/c1-2-18-7-11(15)8-19-12-4-3-10(13(16)17)5-9(12)6-14/h3-6,11,15H,2,7-8H2,1H3. The van der Waals surface area contributed by atoms with Gasteiger partial charge in [0, 0.05) is 18.7 Å². The van der Waals surface area contributed by atoms with Crippen LogP contribution in [0.15, 0.2) is 18.2 Å². The lowest BCUT2D eigenvalue weighted by Gasteiger charge is -2.13. The number of carbonyl (C=O) groups is 1. The van der Waals surface area contributed by atoms with Crippen LogP contribution < -0.4 is 4.74 Å². The summed E-state index contributed by atoms with van der Waals surface area (Å²) < 4.78 is 10.2. The highest BCUT2D eigenvalue weighted by Crippen LogP contribution is 2.22. The number of hydrogen-bond donors (Lipinski definition) is 1. The van der Waals surface area contributed by atoms with Crippen LogP contribution in [0.1, 0.15) is 17.3 Å². The molecule has 1 unspecified atom stereocenters. The van der Waals surface area contributed by atoms with Crippen molar-refractivity contribution >= 4 is 12.0 Å². The molecule has 0 aromatic heterocycles. The fourth-order valence-electron chi connectivity index (χ4n) is 1.36. The Balaban J connectivity index is 2.68. The van der Waals surface area contributed by atoms with Crippen LogP contribution in [-0.2, 0) is 4.74 Å². The molecule has 0 aliphatic rings. The molecule has 0 spiro atoms. The van der Waals surface area contributed by atoms with E-state index in [1.165, 1.54) is 12.1 Å². The van der Waals surface area contributed by atoms with E-state index in [0.717, 1.165) is 6.07 Å². The minimum atomic E-state index is -0.824. The molecule has 1 N–H and O–H groups in total. The molecular formula is C12H15NO6. The van der Waals surface area contributed by atoms with E-state index in [1.54, 1.807) is 6.92 Å². The smallest absolute Gasteiger partial charge is 0.270 e. The monoisotopic (exact) mass is 269 g/mol. The number of carbonyl (C=O) groups excluding carboxylic acids is 1. The van der Waals surface area contributed by atoms with Gasteiger partial charge in [0.15, 0.2) is 6.29 Å². The minimum Gasteiger partial charge on any atom is -0.490 e. The number of aliphatic hydroxyl groups is 1. The summed E-state index contributed by atoms with van der Waals surface area (Å²) in [4.78, 5) is 20.8. The molecule has 0 saturated carbocycles. The summed E-state index contributed by atoms with van der Waals surface area (Å²) in [5.74, 6) is 0.191. The van der Waals surface area contributed by atoms with Gasteiger partial charge in [-0.3, -0.25) is 14.9 Å². The zero-order valence-corrected chi connectivity index (χ0v) is 10.4. The summed E-state index contributed by atoms with van der Waals surface area (Å²) in [7, 11) is 0. The number of aliphatic hydroxyl groups excluding tert-OH is 1. The maximum absolute atomic E-state index is 10.8. The second-order valence-corrected chi connectivity index (χ2v) is 3.72. The molecule has 19 heavy (non-hydrogen) atoms. The van der Waals surface area contributed by atoms with Gasteiger partial charge in [0.05, 0.1) is 17.1 Å². The summed E-state index contributed by atoms with van der Waals surface area (Å²) in [6, 6.07) is 3.68. The zero-order chi connectivity index (χ0) is 14.3. The summed E-state index contributed by atoms with van der Waals surface area (Å²) in [6.07, 6.45) is -0.355. The Bertz CT molecular complexity index is 448. The Kier molecular flexibility index (Phi) is 5.91. The fraction of sp³-hybridized carbons (Fsp3) is 0.417. The number of nitro groups is 1. The average molecular weight is 269 g/mol. The molecule has 1 aromatic carbocycles. The lowest BCUT2D eigenvalue weighted by molar-refractivity contribution is -0.384. The summed E-state index contributed by atoms with van der Waals surface area (Å²) in [5.41, 5.74) is -0.123. The lowest BCUT2D eigenvalue weighted by Crippen LogP contribution is -2.23. The number of nitro benzene ring substituents is 1. The van der Waals surface area contributed by atoms with Crippen LogP contribution in [0.25, 0.3) is 0 Å². The second-order valence-electron chi connectivity index (χ2n) is 3.72. The van der Waals surface area contributed by atoms with Crippen molar-refractivity contribution in [3.63, 3.8) is 0 Å². The van der Waals surface area contributed by atoms with Gasteiger partial charge in [0.25, 0.3) is 5.69 Å². The molecule has 7 heteroatoms. The van der Waals surface area contributed by atoms with Crippen LogP contribution >= 0.6 is 0 Å². The third-order valence-electron chi connectivity index (χ3n) is 2.28. The van der Waals surface area contributed by atoms with E-state index >= 15 is 0 Å². The van der Waals surface area contributed by atoms with Gasteiger partial charge in [-0.1, -0.05) is 0 Å². The highest BCUT2D eigenvalue weighted by atomic mass is 16.6.